The first-order valence-corrected chi connectivity index (χ1v) is 7.47. The van der Waals surface area contributed by atoms with Crippen LogP contribution in [0.25, 0.3) is 0 Å². The van der Waals surface area contributed by atoms with Crippen molar-refractivity contribution in [3.05, 3.63) is 0 Å². The summed E-state index contributed by atoms with van der Waals surface area (Å²) in [6.45, 7) is 10.6. The summed E-state index contributed by atoms with van der Waals surface area (Å²) in [5.74, 6) is 0.208. The van der Waals surface area contributed by atoms with Crippen molar-refractivity contribution in [3.63, 3.8) is 0 Å². The Bertz CT molecular complexity index is 284. The molecule has 0 radical (unpaired) electrons. The molecule has 2 saturated heterocycles. The van der Waals surface area contributed by atoms with Gasteiger partial charge in [-0.2, -0.15) is 0 Å². The van der Waals surface area contributed by atoms with Gasteiger partial charge in [0.15, 0.2) is 0 Å². The number of ether oxygens (including phenoxy) is 1. The van der Waals surface area contributed by atoms with Gasteiger partial charge in [0, 0.05) is 51.7 Å². The van der Waals surface area contributed by atoms with E-state index < -0.39 is 0 Å². The van der Waals surface area contributed by atoms with E-state index in [9.17, 15) is 4.79 Å². The van der Waals surface area contributed by atoms with Gasteiger partial charge in [0.2, 0.25) is 5.91 Å². The summed E-state index contributed by atoms with van der Waals surface area (Å²) in [6.07, 6.45) is 2.15. The number of amides is 1. The van der Waals surface area contributed by atoms with Gasteiger partial charge in [-0.05, 0) is 19.8 Å². The van der Waals surface area contributed by atoms with Gasteiger partial charge in [-0.15, -0.1) is 0 Å². The van der Waals surface area contributed by atoms with Crippen molar-refractivity contribution in [3.8, 4) is 0 Å². The van der Waals surface area contributed by atoms with Crippen LogP contribution in [0, 0.1) is 0 Å². The molecule has 1 amide bonds. The zero-order valence-corrected chi connectivity index (χ0v) is 12.2. The van der Waals surface area contributed by atoms with E-state index in [2.05, 4.69) is 17.1 Å². The van der Waals surface area contributed by atoms with Gasteiger partial charge < -0.3 is 15.0 Å². The molecule has 2 rings (SSSR count). The molecule has 1 atom stereocenters. The molecule has 0 bridgehead atoms. The summed E-state index contributed by atoms with van der Waals surface area (Å²) in [5.41, 5.74) is 0. The van der Waals surface area contributed by atoms with Gasteiger partial charge in [0.1, 0.15) is 0 Å². The molecular formula is C14H27N3O2. The molecule has 110 valence electrons. The van der Waals surface area contributed by atoms with E-state index >= 15 is 0 Å². The third-order valence-electron chi connectivity index (χ3n) is 4.10. The second-order valence-corrected chi connectivity index (χ2v) is 5.76. The molecule has 1 unspecified atom stereocenters. The lowest BCUT2D eigenvalue weighted by Gasteiger charge is -2.35. The fourth-order valence-corrected chi connectivity index (χ4v) is 2.99. The predicted molar refractivity (Wildman–Crippen MR) is 75.1 cm³/mol. The molecule has 0 aromatic rings. The Kier molecular flexibility index (Phi) is 5.60. The van der Waals surface area contributed by atoms with Crippen molar-refractivity contribution in [1.29, 1.82) is 0 Å². The van der Waals surface area contributed by atoms with E-state index in [4.69, 9.17) is 4.74 Å². The normalized spacial score (nSPS) is 24.4. The molecule has 0 aromatic heterocycles. The lowest BCUT2D eigenvalue weighted by molar-refractivity contribution is -0.129. The molecule has 0 spiro atoms. The zero-order valence-electron chi connectivity index (χ0n) is 12.2. The lowest BCUT2D eigenvalue weighted by atomic mass is 10.0. The van der Waals surface area contributed by atoms with Crippen molar-refractivity contribution in [2.75, 3.05) is 45.9 Å². The number of nitrogens with one attached hydrogen (secondary N) is 1. The predicted octanol–water partition coefficient (Wildman–Crippen LogP) is 0.308. The van der Waals surface area contributed by atoms with Crippen LogP contribution in [0.3, 0.4) is 0 Å². The van der Waals surface area contributed by atoms with Crippen LogP contribution in [-0.4, -0.2) is 73.7 Å². The van der Waals surface area contributed by atoms with Crippen molar-refractivity contribution in [2.24, 2.45) is 0 Å². The highest BCUT2D eigenvalue weighted by Gasteiger charge is 2.22. The molecular weight excluding hydrogens is 242 g/mol. The summed E-state index contributed by atoms with van der Waals surface area (Å²) in [4.78, 5) is 15.7. The van der Waals surface area contributed by atoms with Crippen LogP contribution in [-0.2, 0) is 9.53 Å². The van der Waals surface area contributed by atoms with Gasteiger partial charge in [-0.3, -0.25) is 9.69 Å². The molecule has 1 N–H and O–H groups in total. The Morgan fingerprint density at radius 1 is 1.26 bits per heavy atom. The maximum atomic E-state index is 11.3. The second-order valence-electron chi connectivity index (χ2n) is 5.76. The molecule has 2 fully saturated rings. The van der Waals surface area contributed by atoms with E-state index in [0.29, 0.717) is 12.1 Å². The minimum Gasteiger partial charge on any atom is -0.379 e. The summed E-state index contributed by atoms with van der Waals surface area (Å²) in [6, 6.07) is 1.07. The Morgan fingerprint density at radius 3 is 2.47 bits per heavy atom. The SMILES string of the molecule is CC(=O)N1CCC(NC(C)CN2CCOCC2)CC1. The third-order valence-corrected chi connectivity index (χ3v) is 4.10. The number of hydrogen-bond donors (Lipinski definition) is 1. The first-order chi connectivity index (χ1) is 9.15. The van der Waals surface area contributed by atoms with Gasteiger partial charge in [-0.1, -0.05) is 0 Å². The van der Waals surface area contributed by atoms with Crippen LogP contribution in [0.15, 0.2) is 0 Å². The fourth-order valence-electron chi connectivity index (χ4n) is 2.99. The summed E-state index contributed by atoms with van der Waals surface area (Å²) in [5, 5.41) is 3.71. The Labute approximate surface area is 116 Å². The molecule has 2 heterocycles. The standard InChI is InChI=1S/C14H27N3O2/c1-12(11-16-7-9-19-10-8-16)15-14-3-5-17(6-4-14)13(2)18/h12,14-15H,3-11H2,1-2H3. The van der Waals surface area contributed by atoms with E-state index in [1.165, 1.54) is 0 Å². The maximum absolute atomic E-state index is 11.3. The fraction of sp³-hybridized carbons (Fsp3) is 0.929. The lowest BCUT2D eigenvalue weighted by Crippen LogP contribution is -2.50. The molecule has 19 heavy (non-hydrogen) atoms. The quantitative estimate of drug-likeness (QED) is 0.798. The number of morpholine rings is 1. The van der Waals surface area contributed by atoms with Gasteiger partial charge in [-0.25, -0.2) is 0 Å². The highest BCUT2D eigenvalue weighted by Crippen LogP contribution is 2.11. The first-order valence-electron chi connectivity index (χ1n) is 7.47. The van der Waals surface area contributed by atoms with E-state index in [-0.39, 0.29) is 5.91 Å². The van der Waals surface area contributed by atoms with Gasteiger partial charge >= 0.3 is 0 Å². The maximum Gasteiger partial charge on any atom is 0.219 e. The van der Waals surface area contributed by atoms with Crippen molar-refractivity contribution >= 4 is 5.91 Å². The summed E-state index contributed by atoms with van der Waals surface area (Å²) >= 11 is 0. The highest BCUT2D eigenvalue weighted by molar-refractivity contribution is 5.73. The molecule has 0 aliphatic carbocycles. The summed E-state index contributed by atoms with van der Waals surface area (Å²) < 4.78 is 5.37. The Balaban J connectivity index is 1.65. The monoisotopic (exact) mass is 269 g/mol. The van der Waals surface area contributed by atoms with E-state index in [0.717, 1.165) is 58.8 Å². The topological polar surface area (TPSA) is 44.8 Å². The number of rotatable bonds is 4. The number of carbonyl (C=O) groups excluding carboxylic acids is 1. The van der Waals surface area contributed by atoms with Crippen LogP contribution in [0.1, 0.15) is 26.7 Å². The van der Waals surface area contributed by atoms with Crippen molar-refractivity contribution < 1.29 is 9.53 Å². The third kappa shape index (κ3) is 4.75. The average molecular weight is 269 g/mol. The zero-order chi connectivity index (χ0) is 13.7. The molecule has 5 nitrogen and oxygen atoms in total. The van der Waals surface area contributed by atoms with E-state index in [1.54, 1.807) is 6.92 Å². The van der Waals surface area contributed by atoms with E-state index in [1.807, 2.05) is 4.90 Å². The second kappa shape index (κ2) is 7.22. The van der Waals surface area contributed by atoms with Crippen LogP contribution in [0.4, 0.5) is 0 Å². The minimum absolute atomic E-state index is 0.208. The molecule has 2 aliphatic heterocycles. The number of piperidine rings is 1. The molecule has 5 heteroatoms. The van der Waals surface area contributed by atoms with Crippen LogP contribution >= 0.6 is 0 Å². The smallest absolute Gasteiger partial charge is 0.219 e. The number of carbonyl (C=O) groups is 1. The molecule has 2 aliphatic rings. The largest absolute Gasteiger partial charge is 0.379 e. The Hall–Kier alpha value is -0.650. The first kappa shape index (κ1) is 14.8. The van der Waals surface area contributed by atoms with Crippen LogP contribution < -0.4 is 5.32 Å². The molecule has 0 saturated carbocycles. The average Bonchev–Trinajstić information content (AvgIpc) is 2.40. The van der Waals surface area contributed by atoms with Crippen LogP contribution in [0.5, 0.6) is 0 Å². The summed E-state index contributed by atoms with van der Waals surface area (Å²) in [7, 11) is 0. The number of likely N-dealkylation sites (tertiary alicyclic amines) is 1. The van der Waals surface area contributed by atoms with Crippen LogP contribution in [0.2, 0.25) is 0 Å². The van der Waals surface area contributed by atoms with Crippen molar-refractivity contribution in [2.45, 2.75) is 38.8 Å². The molecule has 0 aromatic carbocycles. The minimum atomic E-state index is 0.208. The highest BCUT2D eigenvalue weighted by atomic mass is 16.5. The van der Waals surface area contributed by atoms with Gasteiger partial charge in [0.25, 0.3) is 0 Å². The number of hydrogen-bond acceptors (Lipinski definition) is 4. The number of nitrogens with zero attached hydrogens (tertiary/aromatic N) is 2. The van der Waals surface area contributed by atoms with Gasteiger partial charge in [0.05, 0.1) is 13.2 Å². The van der Waals surface area contributed by atoms with Crippen molar-refractivity contribution in [1.82, 2.24) is 15.1 Å². The Morgan fingerprint density at radius 2 is 1.89 bits per heavy atom.